The maximum atomic E-state index is 5.59. The molecule has 1 heterocycles. The Morgan fingerprint density at radius 2 is 2.00 bits per heavy atom. The minimum absolute atomic E-state index is 0.185. The van der Waals surface area contributed by atoms with Crippen molar-refractivity contribution in [2.24, 2.45) is 5.73 Å². The molecule has 13 heavy (non-hydrogen) atoms. The summed E-state index contributed by atoms with van der Waals surface area (Å²) < 4.78 is 0. The number of aromatic nitrogens is 1. The molecule has 0 spiro atoms. The van der Waals surface area contributed by atoms with Crippen molar-refractivity contribution in [3.8, 4) is 0 Å². The minimum Gasteiger partial charge on any atom is -0.330 e. The fraction of sp³-hybridized carbons (Fsp3) is 0.700. The standard InChI is InChI=1S/C10H18N2S/c1-7-9(13-8(2)12-7)10(3,4)5-6-11/h5-6,11H2,1-4H3. The molecule has 2 nitrogen and oxygen atoms in total. The molecule has 0 fully saturated rings. The molecule has 0 bridgehead atoms. The van der Waals surface area contributed by atoms with Gasteiger partial charge in [-0.3, -0.25) is 0 Å². The molecule has 0 saturated heterocycles. The van der Waals surface area contributed by atoms with Crippen LogP contribution in [0.5, 0.6) is 0 Å². The molecule has 0 saturated carbocycles. The lowest BCUT2D eigenvalue weighted by molar-refractivity contribution is 0.494. The van der Waals surface area contributed by atoms with E-state index in [1.807, 2.05) is 0 Å². The molecule has 0 aliphatic rings. The number of nitrogens with zero attached hydrogens (tertiary/aromatic N) is 1. The van der Waals surface area contributed by atoms with E-state index in [-0.39, 0.29) is 5.41 Å². The van der Waals surface area contributed by atoms with Gasteiger partial charge in [-0.25, -0.2) is 4.98 Å². The van der Waals surface area contributed by atoms with Crippen LogP contribution in [0.4, 0.5) is 0 Å². The van der Waals surface area contributed by atoms with E-state index in [2.05, 4.69) is 32.7 Å². The zero-order valence-corrected chi connectivity index (χ0v) is 9.66. The largest absolute Gasteiger partial charge is 0.330 e. The van der Waals surface area contributed by atoms with E-state index in [9.17, 15) is 0 Å². The van der Waals surface area contributed by atoms with E-state index in [0.717, 1.165) is 18.0 Å². The third-order valence-electron chi connectivity index (χ3n) is 2.29. The Kier molecular flexibility index (Phi) is 3.09. The van der Waals surface area contributed by atoms with E-state index in [1.54, 1.807) is 11.3 Å². The van der Waals surface area contributed by atoms with Crippen molar-refractivity contribution in [1.82, 2.24) is 4.98 Å². The second-order valence-electron chi connectivity index (χ2n) is 4.07. The van der Waals surface area contributed by atoms with E-state index < -0.39 is 0 Å². The zero-order valence-electron chi connectivity index (χ0n) is 8.85. The lowest BCUT2D eigenvalue weighted by atomic mass is 9.87. The third-order valence-corrected chi connectivity index (χ3v) is 3.73. The van der Waals surface area contributed by atoms with Gasteiger partial charge in [-0.2, -0.15) is 0 Å². The first-order valence-corrected chi connectivity index (χ1v) is 5.43. The Labute approximate surface area is 84.2 Å². The van der Waals surface area contributed by atoms with Crippen molar-refractivity contribution in [3.63, 3.8) is 0 Å². The van der Waals surface area contributed by atoms with Crippen LogP contribution in [0.15, 0.2) is 0 Å². The van der Waals surface area contributed by atoms with E-state index in [1.165, 1.54) is 10.6 Å². The van der Waals surface area contributed by atoms with Gasteiger partial charge in [0, 0.05) is 10.3 Å². The van der Waals surface area contributed by atoms with Gasteiger partial charge in [0.15, 0.2) is 0 Å². The highest BCUT2D eigenvalue weighted by Crippen LogP contribution is 2.33. The van der Waals surface area contributed by atoms with Crippen LogP contribution in [0.25, 0.3) is 0 Å². The topological polar surface area (TPSA) is 38.9 Å². The fourth-order valence-corrected chi connectivity index (χ4v) is 2.68. The minimum atomic E-state index is 0.185. The third kappa shape index (κ3) is 2.29. The summed E-state index contributed by atoms with van der Waals surface area (Å²) >= 11 is 1.79. The predicted molar refractivity (Wildman–Crippen MR) is 58.3 cm³/mol. The molecule has 0 unspecified atom stereocenters. The van der Waals surface area contributed by atoms with Crippen molar-refractivity contribution < 1.29 is 0 Å². The van der Waals surface area contributed by atoms with Gasteiger partial charge in [-0.15, -0.1) is 11.3 Å². The van der Waals surface area contributed by atoms with Gasteiger partial charge in [0.05, 0.1) is 10.7 Å². The molecule has 0 atom stereocenters. The van der Waals surface area contributed by atoms with Gasteiger partial charge in [0.1, 0.15) is 0 Å². The highest BCUT2D eigenvalue weighted by molar-refractivity contribution is 7.11. The number of rotatable bonds is 3. The summed E-state index contributed by atoms with van der Waals surface area (Å²) in [5, 5.41) is 1.15. The van der Waals surface area contributed by atoms with Crippen LogP contribution in [0.3, 0.4) is 0 Å². The van der Waals surface area contributed by atoms with Crippen LogP contribution >= 0.6 is 11.3 Å². The summed E-state index contributed by atoms with van der Waals surface area (Å²) in [5.41, 5.74) is 6.95. The first-order chi connectivity index (χ1) is 5.97. The van der Waals surface area contributed by atoms with Crippen LogP contribution in [0, 0.1) is 13.8 Å². The van der Waals surface area contributed by atoms with E-state index in [4.69, 9.17) is 5.73 Å². The van der Waals surface area contributed by atoms with Gasteiger partial charge in [-0.1, -0.05) is 13.8 Å². The van der Waals surface area contributed by atoms with Gasteiger partial charge in [0.2, 0.25) is 0 Å². The lowest BCUT2D eigenvalue weighted by Gasteiger charge is -2.22. The molecule has 2 N–H and O–H groups in total. The molecular formula is C10H18N2S. The van der Waals surface area contributed by atoms with Crippen LogP contribution in [0.2, 0.25) is 0 Å². The molecule has 0 amide bonds. The summed E-state index contributed by atoms with van der Waals surface area (Å²) in [7, 11) is 0. The molecule has 74 valence electrons. The number of hydrogen-bond acceptors (Lipinski definition) is 3. The lowest BCUT2D eigenvalue weighted by Crippen LogP contribution is -2.21. The fourth-order valence-electron chi connectivity index (χ4n) is 1.63. The average Bonchev–Trinajstić information content (AvgIpc) is 2.30. The number of hydrogen-bond donors (Lipinski definition) is 1. The summed E-state index contributed by atoms with van der Waals surface area (Å²) in [4.78, 5) is 5.82. The average molecular weight is 198 g/mol. The van der Waals surface area contributed by atoms with Crippen molar-refractivity contribution in [2.45, 2.75) is 39.5 Å². The second kappa shape index (κ2) is 3.76. The quantitative estimate of drug-likeness (QED) is 0.810. The maximum absolute atomic E-state index is 5.59. The van der Waals surface area contributed by atoms with Gasteiger partial charge in [0.25, 0.3) is 0 Å². The highest BCUT2D eigenvalue weighted by atomic mass is 32.1. The Balaban J connectivity index is 2.98. The second-order valence-corrected chi connectivity index (χ2v) is 5.27. The van der Waals surface area contributed by atoms with Gasteiger partial charge < -0.3 is 5.73 Å². The summed E-state index contributed by atoms with van der Waals surface area (Å²) in [6.45, 7) is 9.35. The Bertz CT molecular complexity index is 289. The van der Waals surface area contributed by atoms with Gasteiger partial charge in [-0.05, 0) is 26.8 Å². The number of aryl methyl sites for hydroxylation is 2. The number of nitrogens with two attached hydrogens (primary N) is 1. The first kappa shape index (κ1) is 10.7. The Hall–Kier alpha value is -0.410. The van der Waals surface area contributed by atoms with Gasteiger partial charge >= 0.3 is 0 Å². The van der Waals surface area contributed by atoms with E-state index >= 15 is 0 Å². The molecule has 1 aromatic rings. The smallest absolute Gasteiger partial charge is 0.0900 e. The molecule has 0 aromatic carbocycles. The van der Waals surface area contributed by atoms with E-state index in [0.29, 0.717) is 0 Å². The highest BCUT2D eigenvalue weighted by Gasteiger charge is 2.24. The predicted octanol–water partition coefficient (Wildman–Crippen LogP) is 2.39. The normalized spacial score (nSPS) is 12.1. The van der Waals surface area contributed by atoms with Crippen LogP contribution in [-0.4, -0.2) is 11.5 Å². The molecule has 3 heteroatoms. The molecule has 1 rings (SSSR count). The Morgan fingerprint density at radius 3 is 2.38 bits per heavy atom. The zero-order chi connectivity index (χ0) is 10.1. The van der Waals surface area contributed by atoms with Crippen LogP contribution < -0.4 is 5.73 Å². The van der Waals surface area contributed by atoms with Crippen molar-refractivity contribution in [3.05, 3.63) is 15.6 Å². The molecule has 0 aliphatic heterocycles. The van der Waals surface area contributed by atoms with Crippen LogP contribution in [0.1, 0.15) is 35.8 Å². The van der Waals surface area contributed by atoms with Crippen molar-refractivity contribution >= 4 is 11.3 Å². The van der Waals surface area contributed by atoms with Crippen molar-refractivity contribution in [1.29, 1.82) is 0 Å². The maximum Gasteiger partial charge on any atom is 0.0900 e. The Morgan fingerprint density at radius 1 is 1.38 bits per heavy atom. The first-order valence-electron chi connectivity index (χ1n) is 4.62. The summed E-state index contributed by atoms with van der Waals surface area (Å²) in [6, 6.07) is 0. The molecule has 0 radical (unpaired) electrons. The molecular weight excluding hydrogens is 180 g/mol. The summed E-state index contributed by atoms with van der Waals surface area (Å²) in [6.07, 6.45) is 1.02. The molecule has 1 aromatic heterocycles. The molecule has 0 aliphatic carbocycles. The SMILES string of the molecule is Cc1nc(C)c(C(C)(C)CCN)s1. The number of thiazole rings is 1. The summed E-state index contributed by atoms with van der Waals surface area (Å²) in [5.74, 6) is 0. The monoisotopic (exact) mass is 198 g/mol. The van der Waals surface area contributed by atoms with Crippen LogP contribution in [-0.2, 0) is 5.41 Å². The van der Waals surface area contributed by atoms with Crippen molar-refractivity contribution in [2.75, 3.05) is 6.54 Å².